The second-order valence-electron chi connectivity index (χ2n) is 4.49. The lowest BCUT2D eigenvalue weighted by atomic mass is 10.1. The SMILES string of the molecule is CC(C)CCN(C)S(=O)(=O)c1cc([N+](=O)[O-])c(Cl)s1. The van der Waals surface area contributed by atoms with Gasteiger partial charge in [-0.2, -0.15) is 0 Å². The van der Waals surface area contributed by atoms with Crippen LogP contribution in [0.4, 0.5) is 5.69 Å². The van der Waals surface area contributed by atoms with Crippen molar-refractivity contribution in [2.24, 2.45) is 5.92 Å². The van der Waals surface area contributed by atoms with Gasteiger partial charge in [-0.1, -0.05) is 25.4 Å². The summed E-state index contributed by atoms with van der Waals surface area (Å²) in [5.74, 6) is 0.374. The molecule has 0 saturated heterocycles. The third-order valence-corrected chi connectivity index (χ3v) is 6.17. The Hall–Kier alpha value is -0.700. The minimum Gasteiger partial charge on any atom is -0.258 e. The van der Waals surface area contributed by atoms with Gasteiger partial charge in [0, 0.05) is 19.7 Å². The zero-order chi connectivity index (χ0) is 14.8. The first kappa shape index (κ1) is 16.4. The molecular formula is C10H15ClN2O4S2. The van der Waals surface area contributed by atoms with E-state index in [1.807, 2.05) is 13.8 Å². The third kappa shape index (κ3) is 3.88. The molecule has 1 aromatic rings. The second-order valence-corrected chi connectivity index (χ2v) is 8.42. The van der Waals surface area contributed by atoms with Crippen molar-refractivity contribution in [1.82, 2.24) is 4.31 Å². The van der Waals surface area contributed by atoms with E-state index in [0.717, 1.165) is 12.5 Å². The summed E-state index contributed by atoms with van der Waals surface area (Å²) in [6.45, 7) is 4.35. The van der Waals surface area contributed by atoms with E-state index >= 15 is 0 Å². The summed E-state index contributed by atoms with van der Waals surface area (Å²) in [6.07, 6.45) is 0.719. The normalized spacial score (nSPS) is 12.3. The molecule has 0 aliphatic rings. The minimum absolute atomic E-state index is 0.101. The molecule has 0 atom stereocenters. The molecule has 0 aliphatic carbocycles. The average Bonchev–Trinajstić information content (AvgIpc) is 2.68. The molecule has 6 nitrogen and oxygen atoms in total. The first-order chi connectivity index (χ1) is 8.66. The van der Waals surface area contributed by atoms with Crippen LogP contribution in [-0.2, 0) is 10.0 Å². The lowest BCUT2D eigenvalue weighted by Crippen LogP contribution is -2.28. The van der Waals surface area contributed by atoms with E-state index in [1.54, 1.807) is 0 Å². The van der Waals surface area contributed by atoms with Gasteiger partial charge in [0.15, 0.2) is 4.34 Å². The third-order valence-electron chi connectivity index (χ3n) is 2.53. The molecule has 0 N–H and O–H groups in total. The van der Waals surface area contributed by atoms with Gasteiger partial charge in [-0.15, -0.1) is 11.3 Å². The minimum atomic E-state index is -3.71. The summed E-state index contributed by atoms with van der Waals surface area (Å²) in [6, 6.07) is 1.01. The van der Waals surface area contributed by atoms with E-state index < -0.39 is 14.9 Å². The molecule has 0 saturated carbocycles. The number of rotatable bonds is 6. The van der Waals surface area contributed by atoms with Crippen LogP contribution in [0.15, 0.2) is 10.3 Å². The fourth-order valence-corrected chi connectivity index (χ4v) is 4.37. The van der Waals surface area contributed by atoms with Gasteiger partial charge in [-0.3, -0.25) is 10.1 Å². The summed E-state index contributed by atoms with van der Waals surface area (Å²) in [4.78, 5) is 9.98. The molecule has 1 heterocycles. The van der Waals surface area contributed by atoms with Gasteiger partial charge in [0.1, 0.15) is 4.21 Å². The number of thiophene rings is 1. The summed E-state index contributed by atoms with van der Waals surface area (Å²) in [7, 11) is -2.25. The molecule has 1 aromatic heterocycles. The van der Waals surface area contributed by atoms with Crippen molar-refractivity contribution in [2.75, 3.05) is 13.6 Å². The van der Waals surface area contributed by atoms with Crippen molar-refractivity contribution in [1.29, 1.82) is 0 Å². The Kier molecular flexibility index (Phi) is 5.31. The highest BCUT2D eigenvalue weighted by Crippen LogP contribution is 2.37. The Morgan fingerprint density at radius 3 is 2.53 bits per heavy atom. The van der Waals surface area contributed by atoms with E-state index in [4.69, 9.17) is 11.6 Å². The molecule has 19 heavy (non-hydrogen) atoms. The first-order valence-electron chi connectivity index (χ1n) is 5.56. The Balaban J connectivity index is 3.00. The van der Waals surface area contributed by atoms with Crippen LogP contribution in [0.1, 0.15) is 20.3 Å². The lowest BCUT2D eigenvalue weighted by molar-refractivity contribution is -0.384. The zero-order valence-corrected chi connectivity index (χ0v) is 13.2. The first-order valence-corrected chi connectivity index (χ1v) is 8.19. The van der Waals surface area contributed by atoms with Crippen molar-refractivity contribution in [3.8, 4) is 0 Å². The maximum Gasteiger partial charge on any atom is 0.300 e. The molecule has 0 bridgehead atoms. The fraction of sp³-hybridized carbons (Fsp3) is 0.600. The summed E-state index contributed by atoms with van der Waals surface area (Å²) in [5, 5.41) is 10.7. The fourth-order valence-electron chi connectivity index (χ4n) is 1.30. The quantitative estimate of drug-likeness (QED) is 0.594. The molecule has 108 valence electrons. The van der Waals surface area contributed by atoms with Crippen molar-refractivity contribution < 1.29 is 13.3 Å². The van der Waals surface area contributed by atoms with Gasteiger partial charge in [-0.05, 0) is 12.3 Å². The van der Waals surface area contributed by atoms with Gasteiger partial charge in [-0.25, -0.2) is 12.7 Å². The smallest absolute Gasteiger partial charge is 0.258 e. The van der Waals surface area contributed by atoms with E-state index in [-0.39, 0.29) is 14.2 Å². The van der Waals surface area contributed by atoms with Crippen molar-refractivity contribution in [2.45, 2.75) is 24.5 Å². The van der Waals surface area contributed by atoms with Crippen LogP contribution < -0.4 is 0 Å². The number of nitrogens with zero attached hydrogens (tertiary/aromatic N) is 2. The molecule has 0 aliphatic heterocycles. The maximum atomic E-state index is 12.2. The predicted octanol–water partition coefficient (Wildman–Crippen LogP) is 2.98. The molecule has 0 fully saturated rings. The Morgan fingerprint density at radius 2 is 2.11 bits per heavy atom. The van der Waals surface area contributed by atoms with Crippen LogP contribution in [0.5, 0.6) is 0 Å². The Morgan fingerprint density at radius 1 is 1.53 bits per heavy atom. The number of hydrogen-bond acceptors (Lipinski definition) is 5. The molecule has 0 radical (unpaired) electrons. The Labute approximate surface area is 121 Å². The van der Waals surface area contributed by atoms with E-state index in [2.05, 4.69) is 0 Å². The summed E-state index contributed by atoms with van der Waals surface area (Å²) < 4.78 is 25.3. The molecule has 0 unspecified atom stereocenters. The number of halogens is 1. The largest absolute Gasteiger partial charge is 0.300 e. The van der Waals surface area contributed by atoms with Crippen molar-refractivity contribution in [3.05, 3.63) is 20.5 Å². The highest BCUT2D eigenvalue weighted by atomic mass is 35.5. The van der Waals surface area contributed by atoms with Gasteiger partial charge in [0.25, 0.3) is 15.7 Å². The summed E-state index contributed by atoms with van der Waals surface area (Å²) in [5.41, 5.74) is -0.373. The lowest BCUT2D eigenvalue weighted by Gasteiger charge is -2.16. The summed E-state index contributed by atoms with van der Waals surface area (Å²) >= 11 is 6.38. The molecular weight excluding hydrogens is 312 g/mol. The van der Waals surface area contributed by atoms with Crippen molar-refractivity contribution >= 4 is 38.6 Å². The molecule has 0 spiro atoms. The zero-order valence-electron chi connectivity index (χ0n) is 10.8. The van der Waals surface area contributed by atoms with Gasteiger partial charge >= 0.3 is 0 Å². The number of hydrogen-bond donors (Lipinski definition) is 0. The molecule has 0 aromatic carbocycles. The van der Waals surface area contributed by atoms with E-state index in [1.165, 1.54) is 11.4 Å². The van der Waals surface area contributed by atoms with Crippen LogP contribution in [0.3, 0.4) is 0 Å². The predicted molar refractivity (Wildman–Crippen MR) is 75.3 cm³/mol. The second kappa shape index (κ2) is 6.17. The maximum absolute atomic E-state index is 12.2. The molecule has 9 heteroatoms. The monoisotopic (exact) mass is 326 g/mol. The van der Waals surface area contributed by atoms with Crippen LogP contribution in [0, 0.1) is 16.0 Å². The molecule has 1 rings (SSSR count). The number of nitro groups is 1. The Bertz CT molecular complexity index is 568. The van der Waals surface area contributed by atoms with Crippen LogP contribution in [-0.4, -0.2) is 31.2 Å². The van der Waals surface area contributed by atoms with E-state index in [9.17, 15) is 18.5 Å². The highest BCUT2D eigenvalue weighted by molar-refractivity contribution is 7.91. The van der Waals surface area contributed by atoms with Crippen LogP contribution >= 0.6 is 22.9 Å². The van der Waals surface area contributed by atoms with Crippen molar-refractivity contribution in [3.63, 3.8) is 0 Å². The van der Waals surface area contributed by atoms with Gasteiger partial charge in [0.05, 0.1) is 4.92 Å². The van der Waals surface area contributed by atoms with Gasteiger partial charge < -0.3 is 0 Å². The average molecular weight is 327 g/mol. The van der Waals surface area contributed by atoms with Crippen LogP contribution in [0.25, 0.3) is 0 Å². The van der Waals surface area contributed by atoms with Gasteiger partial charge in [0.2, 0.25) is 0 Å². The molecule has 0 amide bonds. The van der Waals surface area contributed by atoms with Crippen LogP contribution in [0.2, 0.25) is 4.34 Å². The number of sulfonamides is 1. The van der Waals surface area contributed by atoms with E-state index in [0.29, 0.717) is 23.8 Å². The standard InChI is InChI=1S/C10H15ClN2O4S2/c1-7(2)4-5-12(3)19(16,17)9-6-8(13(14)15)10(11)18-9/h6-7H,4-5H2,1-3H3. The topological polar surface area (TPSA) is 80.5 Å². The highest BCUT2D eigenvalue weighted by Gasteiger charge is 2.28.